The van der Waals surface area contributed by atoms with Gasteiger partial charge in [-0.05, 0) is 25.3 Å². The van der Waals surface area contributed by atoms with E-state index < -0.39 is 0 Å². The van der Waals surface area contributed by atoms with Crippen LogP contribution in [-0.4, -0.2) is 34.0 Å². The molecular weight excluding hydrogens is 192 g/mol. The summed E-state index contributed by atoms with van der Waals surface area (Å²) in [5, 5.41) is 9.49. The number of hydrogen-bond donors (Lipinski definition) is 1. The molecule has 15 heavy (non-hydrogen) atoms. The van der Waals surface area contributed by atoms with Gasteiger partial charge in [0, 0.05) is 19.3 Å². The van der Waals surface area contributed by atoms with E-state index in [1.807, 2.05) is 0 Å². The first kappa shape index (κ1) is 9.96. The second-order valence-electron chi connectivity index (χ2n) is 3.89. The third kappa shape index (κ3) is 1.79. The van der Waals surface area contributed by atoms with E-state index in [2.05, 4.69) is 4.98 Å². The van der Waals surface area contributed by atoms with Crippen LogP contribution in [0.15, 0.2) is 18.5 Å². The van der Waals surface area contributed by atoms with Crippen LogP contribution in [-0.2, 0) is 0 Å². The average molecular weight is 206 g/mol. The van der Waals surface area contributed by atoms with Gasteiger partial charge in [-0.3, -0.25) is 9.78 Å². The molecule has 4 heteroatoms. The predicted octanol–water partition coefficient (Wildman–Crippen LogP) is 1.41. The van der Waals surface area contributed by atoms with Crippen LogP contribution in [0.25, 0.3) is 0 Å². The Morgan fingerprint density at radius 3 is 2.87 bits per heavy atom. The van der Waals surface area contributed by atoms with Gasteiger partial charge in [-0.2, -0.15) is 0 Å². The molecule has 0 aromatic carbocycles. The van der Waals surface area contributed by atoms with Crippen LogP contribution in [0.4, 0.5) is 0 Å². The van der Waals surface area contributed by atoms with E-state index >= 15 is 0 Å². The van der Waals surface area contributed by atoms with Crippen LogP contribution in [0.1, 0.15) is 29.6 Å². The van der Waals surface area contributed by atoms with Gasteiger partial charge in [-0.1, -0.05) is 0 Å². The fourth-order valence-electron chi connectivity index (χ4n) is 1.70. The van der Waals surface area contributed by atoms with Crippen LogP contribution in [0.3, 0.4) is 0 Å². The molecule has 0 unspecified atom stereocenters. The largest absolute Gasteiger partial charge is 0.505 e. The molecule has 0 saturated heterocycles. The third-order valence-corrected chi connectivity index (χ3v) is 2.97. The van der Waals surface area contributed by atoms with Gasteiger partial charge < -0.3 is 10.0 Å². The monoisotopic (exact) mass is 206 g/mol. The number of hydrogen-bond acceptors (Lipinski definition) is 3. The highest BCUT2D eigenvalue weighted by molar-refractivity contribution is 5.96. The van der Waals surface area contributed by atoms with Crippen molar-refractivity contribution in [2.75, 3.05) is 7.05 Å². The molecule has 1 fully saturated rings. The summed E-state index contributed by atoms with van der Waals surface area (Å²) >= 11 is 0. The summed E-state index contributed by atoms with van der Waals surface area (Å²) in [5.74, 6) is -0.173. The van der Waals surface area contributed by atoms with Crippen molar-refractivity contribution in [3.05, 3.63) is 24.0 Å². The Morgan fingerprint density at radius 1 is 1.60 bits per heavy atom. The average Bonchev–Trinajstić information content (AvgIpc) is 2.15. The molecule has 1 heterocycles. The first-order chi connectivity index (χ1) is 7.20. The number of rotatable bonds is 2. The lowest BCUT2D eigenvalue weighted by atomic mass is 9.91. The fourth-order valence-corrected chi connectivity index (χ4v) is 1.70. The van der Waals surface area contributed by atoms with Gasteiger partial charge in [0.25, 0.3) is 5.91 Å². The Labute approximate surface area is 88.6 Å². The molecular formula is C11H14N2O2. The van der Waals surface area contributed by atoms with E-state index in [0.717, 1.165) is 12.8 Å². The van der Waals surface area contributed by atoms with Crippen molar-refractivity contribution in [2.45, 2.75) is 25.3 Å². The van der Waals surface area contributed by atoms with Crippen molar-refractivity contribution in [3.8, 4) is 5.75 Å². The quantitative estimate of drug-likeness (QED) is 0.796. The Bertz CT molecular complexity index is 375. The number of amides is 1. The molecule has 1 saturated carbocycles. The molecule has 0 radical (unpaired) electrons. The molecule has 0 bridgehead atoms. The maximum Gasteiger partial charge on any atom is 0.257 e. The molecule has 1 aliphatic carbocycles. The van der Waals surface area contributed by atoms with Gasteiger partial charge in [0.1, 0.15) is 5.75 Å². The minimum atomic E-state index is -0.125. The zero-order chi connectivity index (χ0) is 10.8. The summed E-state index contributed by atoms with van der Waals surface area (Å²) in [5.41, 5.74) is 0.333. The standard InChI is InChI=1S/C11H14N2O2/c1-13(8-3-2-4-8)11(15)9-5-6-12-7-10(9)14/h5-8,14H,2-4H2,1H3. The van der Waals surface area contributed by atoms with E-state index in [9.17, 15) is 9.90 Å². The van der Waals surface area contributed by atoms with Gasteiger partial charge >= 0.3 is 0 Å². The van der Waals surface area contributed by atoms with Crippen LogP contribution in [0, 0.1) is 0 Å². The number of aromatic hydroxyl groups is 1. The van der Waals surface area contributed by atoms with Gasteiger partial charge in [-0.15, -0.1) is 0 Å². The molecule has 80 valence electrons. The van der Waals surface area contributed by atoms with E-state index in [1.165, 1.54) is 18.8 Å². The van der Waals surface area contributed by atoms with E-state index in [-0.39, 0.29) is 11.7 Å². The van der Waals surface area contributed by atoms with Crippen molar-refractivity contribution < 1.29 is 9.90 Å². The summed E-state index contributed by atoms with van der Waals surface area (Å²) < 4.78 is 0. The van der Waals surface area contributed by atoms with E-state index in [0.29, 0.717) is 11.6 Å². The molecule has 4 nitrogen and oxygen atoms in total. The lowest BCUT2D eigenvalue weighted by Gasteiger charge is -2.34. The summed E-state index contributed by atoms with van der Waals surface area (Å²) in [6, 6.07) is 1.89. The number of aromatic nitrogens is 1. The van der Waals surface area contributed by atoms with E-state index in [1.54, 1.807) is 18.0 Å². The van der Waals surface area contributed by atoms with Crippen molar-refractivity contribution in [1.29, 1.82) is 0 Å². The molecule has 1 N–H and O–H groups in total. The number of nitrogens with zero attached hydrogens (tertiary/aromatic N) is 2. The third-order valence-electron chi connectivity index (χ3n) is 2.97. The molecule has 2 rings (SSSR count). The molecule has 1 aromatic rings. The topological polar surface area (TPSA) is 53.4 Å². The van der Waals surface area contributed by atoms with Gasteiger partial charge in [0.05, 0.1) is 11.8 Å². The van der Waals surface area contributed by atoms with Crippen molar-refractivity contribution >= 4 is 5.91 Å². The maximum absolute atomic E-state index is 11.9. The predicted molar refractivity (Wildman–Crippen MR) is 55.6 cm³/mol. The Kier molecular flexibility index (Phi) is 2.58. The summed E-state index contributed by atoms with van der Waals surface area (Å²) in [4.78, 5) is 17.4. The highest BCUT2D eigenvalue weighted by atomic mass is 16.3. The zero-order valence-electron chi connectivity index (χ0n) is 8.68. The Balaban J connectivity index is 2.16. The van der Waals surface area contributed by atoms with E-state index in [4.69, 9.17) is 0 Å². The molecule has 1 aliphatic rings. The number of pyridine rings is 1. The number of carbonyl (C=O) groups excluding carboxylic acids is 1. The van der Waals surface area contributed by atoms with Crippen LogP contribution >= 0.6 is 0 Å². The highest BCUT2D eigenvalue weighted by Crippen LogP contribution is 2.26. The normalized spacial score (nSPS) is 15.8. The minimum absolute atomic E-state index is 0.0475. The smallest absolute Gasteiger partial charge is 0.257 e. The highest BCUT2D eigenvalue weighted by Gasteiger charge is 2.27. The van der Waals surface area contributed by atoms with Crippen LogP contribution in [0.2, 0.25) is 0 Å². The van der Waals surface area contributed by atoms with Crippen molar-refractivity contribution in [1.82, 2.24) is 9.88 Å². The molecule has 0 aliphatic heterocycles. The fraction of sp³-hybridized carbons (Fsp3) is 0.455. The maximum atomic E-state index is 11.9. The summed E-state index contributed by atoms with van der Waals surface area (Å²) in [6.45, 7) is 0. The molecule has 0 atom stereocenters. The van der Waals surface area contributed by atoms with Crippen LogP contribution < -0.4 is 0 Å². The Morgan fingerprint density at radius 2 is 2.33 bits per heavy atom. The number of carbonyl (C=O) groups is 1. The minimum Gasteiger partial charge on any atom is -0.505 e. The second kappa shape index (κ2) is 3.88. The molecule has 1 aromatic heterocycles. The lowest BCUT2D eigenvalue weighted by molar-refractivity contribution is 0.0649. The zero-order valence-corrected chi connectivity index (χ0v) is 8.68. The molecule has 1 amide bonds. The Hall–Kier alpha value is -1.58. The second-order valence-corrected chi connectivity index (χ2v) is 3.89. The van der Waals surface area contributed by atoms with Crippen molar-refractivity contribution in [3.63, 3.8) is 0 Å². The molecule has 0 spiro atoms. The van der Waals surface area contributed by atoms with Gasteiger partial charge in [0.15, 0.2) is 0 Å². The van der Waals surface area contributed by atoms with Crippen LogP contribution in [0.5, 0.6) is 5.75 Å². The van der Waals surface area contributed by atoms with Gasteiger partial charge in [-0.25, -0.2) is 0 Å². The lowest BCUT2D eigenvalue weighted by Crippen LogP contribution is -2.41. The summed E-state index contributed by atoms with van der Waals surface area (Å²) in [7, 11) is 1.78. The first-order valence-electron chi connectivity index (χ1n) is 5.10. The SMILES string of the molecule is CN(C(=O)c1ccncc1O)C1CCC1. The van der Waals surface area contributed by atoms with Gasteiger partial charge in [0.2, 0.25) is 0 Å². The van der Waals surface area contributed by atoms with Crippen molar-refractivity contribution in [2.24, 2.45) is 0 Å². The summed E-state index contributed by atoms with van der Waals surface area (Å²) in [6.07, 6.45) is 6.12. The first-order valence-corrected chi connectivity index (χ1v) is 5.10.